The zero-order valence-corrected chi connectivity index (χ0v) is 17.8. The summed E-state index contributed by atoms with van der Waals surface area (Å²) in [5.41, 5.74) is 1.89. The van der Waals surface area contributed by atoms with Crippen molar-refractivity contribution in [2.75, 3.05) is 19.0 Å². The van der Waals surface area contributed by atoms with Crippen molar-refractivity contribution in [2.24, 2.45) is 0 Å². The molecule has 160 valence electrons. The van der Waals surface area contributed by atoms with E-state index in [2.05, 4.69) is 20.1 Å². The molecular formula is C21H19ClN4O5. The molecule has 0 aliphatic rings. The average Bonchev–Trinajstić information content (AvgIpc) is 3.10. The number of pyridine rings is 1. The molecule has 31 heavy (non-hydrogen) atoms. The van der Waals surface area contributed by atoms with Crippen LogP contribution in [0.1, 0.15) is 32.2 Å². The Kier molecular flexibility index (Phi) is 6.66. The summed E-state index contributed by atoms with van der Waals surface area (Å²) in [4.78, 5) is 40.7. The van der Waals surface area contributed by atoms with Gasteiger partial charge in [-0.2, -0.15) is 5.10 Å². The number of halogens is 1. The van der Waals surface area contributed by atoms with Crippen molar-refractivity contribution in [2.45, 2.75) is 13.8 Å². The molecule has 3 aromatic rings. The molecule has 0 atom stereocenters. The van der Waals surface area contributed by atoms with E-state index in [1.165, 1.54) is 25.3 Å². The number of anilines is 1. The van der Waals surface area contributed by atoms with E-state index in [4.69, 9.17) is 16.3 Å². The Balaban J connectivity index is 1.70. The highest BCUT2D eigenvalue weighted by Gasteiger charge is 2.19. The molecule has 2 aromatic heterocycles. The number of carbonyl (C=O) groups is 3. The number of aromatic nitrogens is 3. The number of amides is 1. The first-order chi connectivity index (χ1) is 14.8. The molecule has 0 radical (unpaired) electrons. The van der Waals surface area contributed by atoms with Gasteiger partial charge in [0.15, 0.2) is 18.1 Å². The molecule has 0 fully saturated rings. The zero-order chi connectivity index (χ0) is 22.5. The Bertz CT molecular complexity index is 1160. The first-order valence-electron chi connectivity index (χ1n) is 9.14. The van der Waals surface area contributed by atoms with Crippen molar-refractivity contribution in [1.29, 1.82) is 0 Å². The maximum absolute atomic E-state index is 12.5. The number of aryl methyl sites for hydroxylation is 2. The summed E-state index contributed by atoms with van der Waals surface area (Å²) < 4.78 is 11.3. The maximum atomic E-state index is 12.5. The van der Waals surface area contributed by atoms with E-state index in [0.717, 1.165) is 11.4 Å². The molecule has 0 unspecified atom stereocenters. The number of hydrogen-bond acceptors (Lipinski definition) is 7. The normalized spacial score (nSPS) is 10.5. The van der Waals surface area contributed by atoms with Crippen LogP contribution in [0.25, 0.3) is 5.82 Å². The molecule has 1 aromatic carbocycles. The van der Waals surface area contributed by atoms with Crippen LogP contribution in [0.5, 0.6) is 0 Å². The van der Waals surface area contributed by atoms with Crippen molar-refractivity contribution in [1.82, 2.24) is 14.8 Å². The number of para-hydroxylation sites is 1. The molecule has 1 amide bonds. The summed E-state index contributed by atoms with van der Waals surface area (Å²) in [5.74, 6) is -1.73. The third-order valence-corrected chi connectivity index (χ3v) is 4.50. The number of rotatable bonds is 6. The second kappa shape index (κ2) is 9.40. The largest absolute Gasteiger partial charge is 0.465 e. The summed E-state index contributed by atoms with van der Waals surface area (Å²) in [5, 5.41) is 6.90. The number of nitrogens with zero attached hydrogens (tertiary/aromatic N) is 3. The lowest BCUT2D eigenvalue weighted by Crippen LogP contribution is -2.23. The van der Waals surface area contributed by atoms with Crippen LogP contribution >= 0.6 is 11.6 Å². The van der Waals surface area contributed by atoms with E-state index in [-0.39, 0.29) is 22.0 Å². The van der Waals surface area contributed by atoms with Gasteiger partial charge in [0.25, 0.3) is 5.91 Å². The third-order valence-electron chi connectivity index (χ3n) is 4.19. The number of benzene rings is 1. The summed E-state index contributed by atoms with van der Waals surface area (Å²) in [6.07, 6.45) is 0. The number of carbonyl (C=O) groups excluding carboxylic acids is 3. The van der Waals surface area contributed by atoms with Crippen LogP contribution < -0.4 is 5.32 Å². The number of hydrogen-bond donors (Lipinski definition) is 1. The number of ether oxygens (including phenoxy) is 2. The second-order valence-corrected chi connectivity index (χ2v) is 6.91. The first-order valence-corrected chi connectivity index (χ1v) is 9.52. The van der Waals surface area contributed by atoms with Crippen molar-refractivity contribution in [3.63, 3.8) is 0 Å². The smallest absolute Gasteiger partial charge is 0.359 e. The van der Waals surface area contributed by atoms with Crippen LogP contribution in [0, 0.1) is 13.8 Å². The minimum atomic E-state index is -0.871. The van der Waals surface area contributed by atoms with Crippen LogP contribution in [-0.4, -0.2) is 46.3 Å². The molecule has 0 saturated heterocycles. The Labute approximate surface area is 182 Å². The van der Waals surface area contributed by atoms with Gasteiger partial charge in [-0.15, -0.1) is 0 Å². The average molecular weight is 443 g/mol. The van der Waals surface area contributed by atoms with E-state index in [1.54, 1.807) is 22.9 Å². The molecule has 10 heteroatoms. The van der Waals surface area contributed by atoms with Crippen LogP contribution in [-0.2, 0) is 14.3 Å². The molecule has 0 bridgehead atoms. The van der Waals surface area contributed by atoms with Gasteiger partial charge in [0, 0.05) is 5.69 Å². The molecule has 0 saturated carbocycles. The molecular weight excluding hydrogens is 424 g/mol. The fraction of sp³-hybridized carbons (Fsp3) is 0.190. The molecule has 1 N–H and O–H groups in total. The van der Waals surface area contributed by atoms with E-state index in [1.807, 2.05) is 19.9 Å². The van der Waals surface area contributed by atoms with Crippen molar-refractivity contribution >= 4 is 35.1 Å². The van der Waals surface area contributed by atoms with Gasteiger partial charge in [0.05, 0.1) is 29.1 Å². The van der Waals surface area contributed by atoms with Gasteiger partial charge in [0.2, 0.25) is 0 Å². The van der Waals surface area contributed by atoms with Crippen molar-refractivity contribution < 1.29 is 23.9 Å². The zero-order valence-electron chi connectivity index (χ0n) is 17.0. The topological polar surface area (TPSA) is 112 Å². The van der Waals surface area contributed by atoms with Gasteiger partial charge >= 0.3 is 11.9 Å². The fourth-order valence-corrected chi connectivity index (χ4v) is 3.00. The second-order valence-electron chi connectivity index (χ2n) is 6.50. The van der Waals surface area contributed by atoms with Gasteiger partial charge in [-0.1, -0.05) is 23.7 Å². The maximum Gasteiger partial charge on any atom is 0.359 e. The van der Waals surface area contributed by atoms with E-state index in [0.29, 0.717) is 5.82 Å². The lowest BCUT2D eigenvalue weighted by molar-refractivity contribution is -0.119. The van der Waals surface area contributed by atoms with Gasteiger partial charge in [-0.05, 0) is 44.2 Å². The Hall–Kier alpha value is -3.72. The molecule has 3 rings (SSSR count). The third kappa shape index (κ3) is 5.07. The quantitative estimate of drug-likeness (QED) is 0.583. The summed E-state index contributed by atoms with van der Waals surface area (Å²) >= 11 is 6.10. The van der Waals surface area contributed by atoms with Gasteiger partial charge in [-0.3, -0.25) is 4.79 Å². The highest BCUT2D eigenvalue weighted by atomic mass is 35.5. The lowest BCUT2D eigenvalue weighted by atomic mass is 10.2. The SMILES string of the molecule is COC(=O)c1ccccc1NC(=O)COC(=O)c1nc(-n2nc(C)cc2C)ccc1Cl. The highest BCUT2D eigenvalue weighted by Crippen LogP contribution is 2.19. The van der Waals surface area contributed by atoms with Crippen molar-refractivity contribution in [3.05, 3.63) is 70.1 Å². The first kappa shape index (κ1) is 22.0. The molecule has 0 spiro atoms. The Morgan fingerprint density at radius 2 is 1.84 bits per heavy atom. The van der Waals surface area contributed by atoms with E-state index >= 15 is 0 Å². The van der Waals surface area contributed by atoms with Crippen LogP contribution in [0.2, 0.25) is 5.02 Å². The molecule has 9 nitrogen and oxygen atoms in total. The minimum absolute atomic E-state index is 0.0757. The minimum Gasteiger partial charge on any atom is -0.465 e. The summed E-state index contributed by atoms with van der Waals surface area (Å²) in [6, 6.07) is 11.3. The van der Waals surface area contributed by atoms with Gasteiger partial charge < -0.3 is 14.8 Å². The number of methoxy groups -OCH3 is 1. The lowest BCUT2D eigenvalue weighted by Gasteiger charge is -2.11. The predicted octanol–water partition coefficient (Wildman–Crippen LogP) is 3.12. The standard InChI is InChI=1S/C21H19ClN4O5/c1-12-10-13(2)26(25-12)17-9-8-15(22)19(24-17)21(29)31-11-18(27)23-16-7-5-4-6-14(16)20(28)30-3/h4-10H,11H2,1-3H3,(H,23,27). The van der Waals surface area contributed by atoms with Crippen LogP contribution in [0.3, 0.4) is 0 Å². The highest BCUT2D eigenvalue weighted by molar-refractivity contribution is 6.33. The number of esters is 2. The summed E-state index contributed by atoms with van der Waals surface area (Å²) in [6.45, 7) is 3.09. The van der Waals surface area contributed by atoms with Gasteiger partial charge in [-0.25, -0.2) is 19.3 Å². The number of nitrogens with one attached hydrogen (secondary N) is 1. The summed E-state index contributed by atoms with van der Waals surface area (Å²) in [7, 11) is 1.24. The Morgan fingerprint density at radius 1 is 1.10 bits per heavy atom. The Morgan fingerprint density at radius 3 is 2.52 bits per heavy atom. The van der Waals surface area contributed by atoms with Gasteiger partial charge in [0.1, 0.15) is 0 Å². The van der Waals surface area contributed by atoms with Crippen LogP contribution in [0.4, 0.5) is 5.69 Å². The molecule has 0 aliphatic heterocycles. The molecule has 0 aliphatic carbocycles. The predicted molar refractivity (Wildman–Crippen MR) is 113 cm³/mol. The van der Waals surface area contributed by atoms with Crippen molar-refractivity contribution in [3.8, 4) is 5.82 Å². The fourth-order valence-electron chi connectivity index (χ4n) is 2.82. The van der Waals surface area contributed by atoms with Crippen LogP contribution in [0.15, 0.2) is 42.5 Å². The van der Waals surface area contributed by atoms with E-state index in [9.17, 15) is 14.4 Å². The molecule has 2 heterocycles. The van der Waals surface area contributed by atoms with E-state index < -0.39 is 24.5 Å². The monoisotopic (exact) mass is 442 g/mol.